The normalized spacial score (nSPS) is 16.7. The Hall–Kier alpha value is -3.15. The molecule has 0 unspecified atom stereocenters. The van der Waals surface area contributed by atoms with Crippen LogP contribution in [-0.2, 0) is 16.0 Å². The number of nitrogens with zero attached hydrogens (tertiary/aromatic N) is 1. The number of urea groups is 1. The number of anilines is 1. The van der Waals surface area contributed by atoms with Gasteiger partial charge < -0.3 is 10.6 Å². The fourth-order valence-corrected chi connectivity index (χ4v) is 2.70. The van der Waals surface area contributed by atoms with E-state index in [-0.39, 0.29) is 12.5 Å². The second-order valence-corrected chi connectivity index (χ2v) is 6.03. The summed E-state index contributed by atoms with van der Waals surface area (Å²) in [5.74, 6) is -0.791. The molecule has 0 spiro atoms. The molecule has 1 aliphatic heterocycles. The number of nitrogens with one attached hydrogen (secondary N) is 2. The minimum absolute atomic E-state index is 0.302. The van der Waals surface area contributed by atoms with Crippen molar-refractivity contribution in [2.24, 2.45) is 0 Å². The summed E-state index contributed by atoms with van der Waals surface area (Å²) in [7, 11) is 0. The van der Waals surface area contributed by atoms with Gasteiger partial charge in [0.2, 0.25) is 5.91 Å². The van der Waals surface area contributed by atoms with Gasteiger partial charge in [0.25, 0.3) is 5.91 Å². The van der Waals surface area contributed by atoms with Crippen LogP contribution >= 0.6 is 0 Å². The minimum atomic E-state index is -0.637. The molecule has 2 N–H and O–H groups in total. The number of carbonyl (C=O) groups is 3. The van der Waals surface area contributed by atoms with E-state index in [0.717, 1.165) is 16.0 Å². The number of imide groups is 1. The lowest BCUT2D eigenvalue weighted by atomic mass is 10.1. The molecule has 0 aromatic heterocycles. The van der Waals surface area contributed by atoms with Crippen molar-refractivity contribution in [1.29, 1.82) is 0 Å². The Morgan fingerprint density at radius 3 is 2.44 bits per heavy atom. The summed E-state index contributed by atoms with van der Waals surface area (Å²) >= 11 is 0. The lowest BCUT2D eigenvalue weighted by Gasteiger charge is -2.13. The van der Waals surface area contributed by atoms with Gasteiger partial charge in [-0.3, -0.25) is 14.5 Å². The summed E-state index contributed by atoms with van der Waals surface area (Å²) in [6.07, 6.45) is 0.404. The highest BCUT2D eigenvalue weighted by molar-refractivity contribution is 6.08. The molecule has 1 saturated heterocycles. The molecule has 0 bridgehead atoms. The Bertz CT molecular complexity index is 787. The summed E-state index contributed by atoms with van der Waals surface area (Å²) in [5.41, 5.74) is 2.66. The lowest BCUT2D eigenvalue weighted by Crippen LogP contribution is -2.38. The molecule has 3 rings (SSSR count). The molecular weight excluding hydrogens is 318 g/mol. The van der Waals surface area contributed by atoms with Gasteiger partial charge in [0.15, 0.2) is 0 Å². The van der Waals surface area contributed by atoms with Gasteiger partial charge in [-0.2, -0.15) is 0 Å². The molecule has 1 heterocycles. The quantitative estimate of drug-likeness (QED) is 0.820. The Morgan fingerprint density at radius 1 is 1.08 bits per heavy atom. The average Bonchev–Trinajstić information content (AvgIpc) is 2.85. The van der Waals surface area contributed by atoms with Crippen LogP contribution in [0.2, 0.25) is 0 Å². The van der Waals surface area contributed by atoms with Crippen molar-refractivity contribution in [3.8, 4) is 0 Å². The average molecular weight is 337 g/mol. The molecule has 1 aliphatic rings. The number of amides is 4. The predicted octanol–water partition coefficient (Wildman–Crippen LogP) is 2.10. The lowest BCUT2D eigenvalue weighted by molar-refractivity contribution is -0.130. The molecule has 2 aromatic rings. The molecule has 1 fully saturated rings. The summed E-state index contributed by atoms with van der Waals surface area (Å²) in [4.78, 5) is 37.5. The first-order valence-corrected chi connectivity index (χ1v) is 8.05. The molecule has 0 aliphatic carbocycles. The molecule has 4 amide bonds. The van der Waals surface area contributed by atoms with Crippen molar-refractivity contribution in [2.75, 3.05) is 11.9 Å². The fourth-order valence-electron chi connectivity index (χ4n) is 2.70. The van der Waals surface area contributed by atoms with Crippen LogP contribution in [0, 0.1) is 6.92 Å². The molecule has 0 radical (unpaired) electrons. The van der Waals surface area contributed by atoms with Crippen LogP contribution in [0.5, 0.6) is 0 Å². The van der Waals surface area contributed by atoms with Gasteiger partial charge >= 0.3 is 6.03 Å². The number of rotatable bonds is 5. The van der Waals surface area contributed by atoms with E-state index in [1.165, 1.54) is 0 Å². The maximum atomic E-state index is 12.4. The number of hydrogen-bond donors (Lipinski definition) is 2. The SMILES string of the molecule is Cc1ccc(NC(=O)CN2C(=O)N[C@@H](Cc3ccccc3)C2=O)cc1. The topological polar surface area (TPSA) is 78.5 Å². The van der Waals surface area contributed by atoms with E-state index in [1.807, 2.05) is 49.4 Å². The molecule has 128 valence electrons. The third kappa shape index (κ3) is 4.03. The zero-order chi connectivity index (χ0) is 17.8. The highest BCUT2D eigenvalue weighted by atomic mass is 16.2. The van der Waals surface area contributed by atoms with Crippen LogP contribution < -0.4 is 10.6 Å². The molecular formula is C19H19N3O3. The van der Waals surface area contributed by atoms with Crippen molar-refractivity contribution in [1.82, 2.24) is 10.2 Å². The van der Waals surface area contributed by atoms with Crippen LogP contribution in [0.1, 0.15) is 11.1 Å². The van der Waals surface area contributed by atoms with Gasteiger partial charge in [-0.05, 0) is 24.6 Å². The van der Waals surface area contributed by atoms with Crippen LogP contribution in [0.4, 0.5) is 10.5 Å². The molecule has 0 saturated carbocycles. The molecule has 25 heavy (non-hydrogen) atoms. The Kier molecular flexibility index (Phi) is 4.79. The Morgan fingerprint density at radius 2 is 1.76 bits per heavy atom. The van der Waals surface area contributed by atoms with E-state index in [0.29, 0.717) is 12.1 Å². The molecule has 1 atom stereocenters. The summed E-state index contributed by atoms with van der Waals surface area (Å²) in [5, 5.41) is 5.33. The Labute approximate surface area is 145 Å². The number of aryl methyl sites for hydroxylation is 1. The first-order chi connectivity index (χ1) is 12.0. The van der Waals surface area contributed by atoms with E-state index in [4.69, 9.17) is 0 Å². The summed E-state index contributed by atoms with van der Waals surface area (Å²) in [6.45, 7) is 1.65. The summed E-state index contributed by atoms with van der Waals surface area (Å²) in [6, 6.07) is 15.6. The second kappa shape index (κ2) is 7.17. The maximum Gasteiger partial charge on any atom is 0.325 e. The highest BCUT2D eigenvalue weighted by Gasteiger charge is 2.38. The van der Waals surface area contributed by atoms with Gasteiger partial charge in [0.1, 0.15) is 12.6 Å². The number of benzene rings is 2. The standard InChI is InChI=1S/C19H19N3O3/c1-13-7-9-15(10-8-13)20-17(23)12-22-18(24)16(21-19(22)25)11-14-5-3-2-4-6-14/h2-10,16H,11-12H2,1H3,(H,20,23)(H,21,25)/t16-/m0/s1. The molecule has 6 nitrogen and oxygen atoms in total. The highest BCUT2D eigenvalue weighted by Crippen LogP contribution is 2.13. The van der Waals surface area contributed by atoms with Crippen LogP contribution in [0.3, 0.4) is 0 Å². The van der Waals surface area contributed by atoms with Crippen LogP contribution in [-0.4, -0.2) is 35.3 Å². The van der Waals surface area contributed by atoms with Crippen molar-refractivity contribution in [2.45, 2.75) is 19.4 Å². The van der Waals surface area contributed by atoms with Gasteiger partial charge in [-0.15, -0.1) is 0 Å². The third-order valence-corrected chi connectivity index (χ3v) is 4.03. The van der Waals surface area contributed by atoms with Crippen LogP contribution in [0.15, 0.2) is 54.6 Å². The summed E-state index contributed by atoms with van der Waals surface area (Å²) < 4.78 is 0. The first kappa shape index (κ1) is 16.7. The molecule has 2 aromatic carbocycles. The number of hydrogen-bond acceptors (Lipinski definition) is 3. The van der Waals surface area contributed by atoms with Crippen molar-refractivity contribution < 1.29 is 14.4 Å². The third-order valence-electron chi connectivity index (χ3n) is 4.03. The van der Waals surface area contributed by atoms with Crippen molar-refractivity contribution in [3.63, 3.8) is 0 Å². The van der Waals surface area contributed by atoms with E-state index in [2.05, 4.69) is 10.6 Å². The van der Waals surface area contributed by atoms with Gasteiger partial charge in [0, 0.05) is 12.1 Å². The van der Waals surface area contributed by atoms with E-state index in [1.54, 1.807) is 12.1 Å². The van der Waals surface area contributed by atoms with E-state index in [9.17, 15) is 14.4 Å². The molecule has 6 heteroatoms. The predicted molar refractivity (Wildman–Crippen MR) is 94.0 cm³/mol. The minimum Gasteiger partial charge on any atom is -0.325 e. The number of carbonyl (C=O) groups excluding carboxylic acids is 3. The van der Waals surface area contributed by atoms with Gasteiger partial charge in [-0.25, -0.2) is 4.79 Å². The van der Waals surface area contributed by atoms with Crippen LogP contribution in [0.25, 0.3) is 0 Å². The largest absolute Gasteiger partial charge is 0.325 e. The van der Waals surface area contributed by atoms with Crippen molar-refractivity contribution >= 4 is 23.5 Å². The van der Waals surface area contributed by atoms with Crippen molar-refractivity contribution in [3.05, 3.63) is 65.7 Å². The van der Waals surface area contributed by atoms with Gasteiger partial charge in [0.05, 0.1) is 0 Å². The zero-order valence-electron chi connectivity index (χ0n) is 13.9. The monoisotopic (exact) mass is 337 g/mol. The maximum absolute atomic E-state index is 12.4. The fraction of sp³-hybridized carbons (Fsp3) is 0.211. The van der Waals surface area contributed by atoms with E-state index < -0.39 is 18.0 Å². The van der Waals surface area contributed by atoms with Gasteiger partial charge in [-0.1, -0.05) is 48.0 Å². The Balaban J connectivity index is 1.60. The van der Waals surface area contributed by atoms with E-state index >= 15 is 0 Å². The second-order valence-electron chi connectivity index (χ2n) is 6.03. The zero-order valence-corrected chi connectivity index (χ0v) is 13.9. The smallest absolute Gasteiger partial charge is 0.325 e. The first-order valence-electron chi connectivity index (χ1n) is 8.05.